The fourth-order valence-electron chi connectivity index (χ4n) is 2.65. The van der Waals surface area contributed by atoms with E-state index in [4.69, 9.17) is 21.7 Å². The first-order valence-corrected chi connectivity index (χ1v) is 13.4. The first-order valence-electron chi connectivity index (χ1n) is 9.11. The number of rotatable bonds is 2. The molecule has 0 spiro atoms. The molecule has 0 radical (unpaired) electrons. The summed E-state index contributed by atoms with van der Waals surface area (Å²) in [6, 6.07) is 6.03. The van der Waals surface area contributed by atoms with E-state index < -0.39 is 23.4 Å². The van der Waals surface area contributed by atoms with E-state index in [1.807, 2.05) is 90.4 Å². The van der Waals surface area contributed by atoms with Crippen LogP contribution in [0, 0.1) is 14.3 Å². The Hall–Kier alpha value is 0.508. The van der Waals surface area contributed by atoms with Crippen molar-refractivity contribution in [1.29, 1.82) is 0 Å². The fourth-order valence-corrected chi connectivity index (χ4v) is 6.34. The van der Waals surface area contributed by atoms with Crippen LogP contribution in [-0.4, -0.2) is 27.8 Å². The maximum absolute atomic E-state index is 11.2. The molecule has 13 heteroatoms. The Bertz CT molecular complexity index is 916. The summed E-state index contributed by atoms with van der Waals surface area (Å²) in [4.78, 5) is 21.0. The van der Waals surface area contributed by atoms with Crippen molar-refractivity contribution in [1.82, 2.24) is 0 Å². The molecule has 6 N–H and O–H groups in total. The predicted octanol–water partition coefficient (Wildman–Crippen LogP) is 3.90. The number of carbonyl (C=O) groups is 2. The molecule has 184 valence electrons. The van der Waals surface area contributed by atoms with E-state index in [-0.39, 0.29) is 37.9 Å². The minimum absolute atomic E-state index is 0. The maximum atomic E-state index is 11.2. The van der Waals surface area contributed by atoms with Gasteiger partial charge in [0.15, 0.2) is 0 Å². The summed E-state index contributed by atoms with van der Waals surface area (Å²) in [6.45, 7) is 0. The van der Waals surface area contributed by atoms with Crippen molar-refractivity contribution < 1.29 is 51.1 Å². The van der Waals surface area contributed by atoms with Crippen LogP contribution in [-0.2, 0) is 21.1 Å². The Labute approximate surface area is 260 Å². The molecule has 1 aliphatic rings. The van der Waals surface area contributed by atoms with Gasteiger partial charge in [-0.25, -0.2) is 9.59 Å². The van der Waals surface area contributed by atoms with Crippen molar-refractivity contribution >= 4 is 102 Å². The van der Waals surface area contributed by atoms with Crippen molar-refractivity contribution in [3.05, 3.63) is 49.7 Å². The number of benzene rings is 2. The molecule has 0 atom stereocenters. The van der Waals surface area contributed by atoms with Gasteiger partial charge in [0, 0.05) is 14.3 Å². The molecular formula is C20H20I4N2O6Pt. The summed E-state index contributed by atoms with van der Waals surface area (Å²) in [5.74, 6) is -3.17. The fraction of sp³-hybridized carbons (Fsp3) is 0.300. The Kier molecular flexibility index (Phi) is 15.8. The topological polar surface area (TPSA) is 173 Å². The molecule has 0 aliphatic heterocycles. The quantitative estimate of drug-likeness (QED) is 0.259. The van der Waals surface area contributed by atoms with Gasteiger partial charge in [-0.15, -0.1) is 0 Å². The number of hydrogen-bond donors (Lipinski definition) is 4. The van der Waals surface area contributed by atoms with Gasteiger partial charge >= 0.3 is 33.0 Å². The van der Waals surface area contributed by atoms with Crippen molar-refractivity contribution in [2.75, 3.05) is 0 Å². The van der Waals surface area contributed by atoms with E-state index in [1.54, 1.807) is 12.1 Å². The molecule has 0 heterocycles. The first-order chi connectivity index (χ1) is 14.7. The molecule has 0 aromatic heterocycles. The van der Waals surface area contributed by atoms with Gasteiger partial charge in [-0.3, -0.25) is 0 Å². The van der Waals surface area contributed by atoms with Gasteiger partial charge < -0.3 is 31.9 Å². The number of aromatic carboxylic acids is 2. The SMILES string of the molecule is NC1(N)CCCCC1.O=C(O)c1cc(I)cc(I)c1[O-].O=C(O)c1cc(I)cc(I)c1[O-].[Pt+2]. The van der Waals surface area contributed by atoms with E-state index in [0.717, 1.165) is 20.0 Å². The van der Waals surface area contributed by atoms with Gasteiger partial charge in [-0.2, -0.15) is 0 Å². The van der Waals surface area contributed by atoms with Crippen LogP contribution >= 0.6 is 90.4 Å². The number of carboxylic acids is 2. The molecule has 3 rings (SSSR count). The molecule has 33 heavy (non-hydrogen) atoms. The van der Waals surface area contributed by atoms with Crippen LogP contribution in [0.15, 0.2) is 24.3 Å². The first kappa shape index (κ1) is 33.5. The van der Waals surface area contributed by atoms with E-state index >= 15 is 0 Å². The third-order valence-electron chi connectivity index (χ3n) is 4.26. The molecule has 2 aromatic rings. The van der Waals surface area contributed by atoms with Crippen molar-refractivity contribution in [2.24, 2.45) is 11.5 Å². The second kappa shape index (κ2) is 15.6. The van der Waals surface area contributed by atoms with Gasteiger partial charge in [-0.05, 0) is 127 Å². The molecule has 0 unspecified atom stereocenters. The van der Waals surface area contributed by atoms with Crippen LogP contribution in [0.3, 0.4) is 0 Å². The molecule has 0 saturated heterocycles. The molecule has 1 aliphatic carbocycles. The summed E-state index contributed by atoms with van der Waals surface area (Å²) in [7, 11) is 0. The van der Waals surface area contributed by atoms with Crippen molar-refractivity contribution in [3.63, 3.8) is 0 Å². The van der Waals surface area contributed by atoms with Crippen molar-refractivity contribution in [3.8, 4) is 11.5 Å². The van der Waals surface area contributed by atoms with Gasteiger partial charge in [0.1, 0.15) is 0 Å². The predicted molar refractivity (Wildman–Crippen MR) is 151 cm³/mol. The summed E-state index contributed by atoms with van der Waals surface area (Å²) < 4.78 is 2.40. The Morgan fingerprint density at radius 2 is 1.09 bits per heavy atom. The molecule has 1 saturated carbocycles. The van der Waals surface area contributed by atoms with Crippen LogP contribution in [0.2, 0.25) is 0 Å². The van der Waals surface area contributed by atoms with Crippen LogP contribution in [0.4, 0.5) is 0 Å². The molecule has 0 bridgehead atoms. The minimum atomic E-state index is -1.17. The number of carboxylic acid groups (broad SMARTS) is 2. The average molecular weight is 1090 g/mol. The summed E-state index contributed by atoms with van der Waals surface area (Å²) in [5.41, 5.74) is 10.7. The zero-order valence-electron chi connectivity index (χ0n) is 16.9. The smallest absolute Gasteiger partial charge is 0.871 e. The van der Waals surface area contributed by atoms with Gasteiger partial charge in [0.05, 0.1) is 16.8 Å². The van der Waals surface area contributed by atoms with Gasteiger partial charge in [0.2, 0.25) is 0 Å². The third kappa shape index (κ3) is 11.9. The molecule has 2 aromatic carbocycles. The second-order valence-corrected chi connectivity index (χ2v) is 11.7. The Morgan fingerprint density at radius 3 is 1.33 bits per heavy atom. The third-order valence-corrected chi connectivity index (χ3v) is 7.11. The van der Waals surface area contributed by atoms with E-state index in [9.17, 15) is 19.8 Å². The van der Waals surface area contributed by atoms with Gasteiger partial charge in [0.25, 0.3) is 0 Å². The monoisotopic (exact) mass is 1090 g/mol. The van der Waals surface area contributed by atoms with E-state index in [0.29, 0.717) is 7.14 Å². The van der Waals surface area contributed by atoms with Crippen LogP contribution < -0.4 is 21.7 Å². The minimum Gasteiger partial charge on any atom is -0.871 e. The number of nitrogens with two attached hydrogens (primary N) is 2. The number of hydrogen-bond acceptors (Lipinski definition) is 6. The van der Waals surface area contributed by atoms with E-state index in [1.165, 1.54) is 31.4 Å². The standard InChI is InChI=1S/2C7H4I2O3.C6H14N2.Pt/c2*8-3-1-4(7(11)12)6(10)5(9)2-3;7-6(8)4-2-1-3-5-6;/h2*1-2,10H,(H,11,12);1-5,7-8H2;/q;;;+2/p-2. The van der Waals surface area contributed by atoms with Crippen LogP contribution in [0.1, 0.15) is 52.8 Å². The Morgan fingerprint density at radius 1 is 0.758 bits per heavy atom. The largest absolute Gasteiger partial charge is 2.00 e. The molecule has 1 fully saturated rings. The zero-order chi connectivity index (χ0) is 24.6. The maximum Gasteiger partial charge on any atom is 2.00 e. The summed E-state index contributed by atoms with van der Waals surface area (Å²) in [6.07, 6.45) is 5.76. The molecular weight excluding hydrogens is 1070 g/mol. The normalized spacial score (nSPS) is 13.9. The number of halogens is 4. The second-order valence-electron chi connectivity index (χ2n) is 6.93. The van der Waals surface area contributed by atoms with E-state index in [2.05, 4.69) is 0 Å². The zero-order valence-corrected chi connectivity index (χ0v) is 27.8. The van der Waals surface area contributed by atoms with Crippen LogP contribution in [0.5, 0.6) is 11.5 Å². The molecule has 0 amide bonds. The van der Waals surface area contributed by atoms with Crippen molar-refractivity contribution in [2.45, 2.75) is 37.8 Å². The van der Waals surface area contributed by atoms with Crippen LogP contribution in [0.25, 0.3) is 0 Å². The summed E-state index contributed by atoms with van der Waals surface area (Å²) >= 11 is 7.60. The Balaban J connectivity index is 0.000000468. The molecule has 8 nitrogen and oxygen atoms in total. The van der Waals surface area contributed by atoms with Gasteiger partial charge in [-0.1, -0.05) is 30.8 Å². The average Bonchev–Trinajstić information content (AvgIpc) is 2.68. The summed E-state index contributed by atoms with van der Waals surface area (Å²) in [5, 5.41) is 39.6.